The molecule has 1 saturated heterocycles. The molecule has 2 atom stereocenters. The minimum Gasteiger partial charge on any atom is -0.508 e. The highest BCUT2D eigenvalue weighted by molar-refractivity contribution is 6.31. The lowest BCUT2D eigenvalue weighted by Crippen LogP contribution is -2.54. The number of hydrogen-bond acceptors (Lipinski definition) is 3. The van der Waals surface area contributed by atoms with Crippen LogP contribution in [0.15, 0.2) is 18.2 Å². The standard InChI is InChI=1S/C18H24ClFN2O/c1-17(2,3)18(6-8-21)7-9-22(12-16(18)20)11-13-10-14(23)4-5-15(13)19/h4-5,10,16,23H,6-7,9,11-12H2,1-3H3. The second kappa shape index (κ2) is 6.67. The minimum atomic E-state index is -1.06. The van der Waals surface area contributed by atoms with Crippen LogP contribution in [0.5, 0.6) is 5.75 Å². The Labute approximate surface area is 142 Å². The van der Waals surface area contributed by atoms with Gasteiger partial charge in [0.1, 0.15) is 11.9 Å². The van der Waals surface area contributed by atoms with Gasteiger partial charge in [-0.1, -0.05) is 32.4 Å². The van der Waals surface area contributed by atoms with E-state index in [1.165, 1.54) is 6.07 Å². The van der Waals surface area contributed by atoms with E-state index in [9.17, 15) is 5.11 Å². The van der Waals surface area contributed by atoms with Crippen molar-refractivity contribution in [2.75, 3.05) is 13.1 Å². The quantitative estimate of drug-likeness (QED) is 0.880. The predicted octanol–water partition coefficient (Wildman–Crippen LogP) is 4.54. The molecule has 1 heterocycles. The summed E-state index contributed by atoms with van der Waals surface area (Å²) in [5.74, 6) is 0.159. The molecule has 3 nitrogen and oxygen atoms in total. The number of rotatable bonds is 3. The van der Waals surface area contributed by atoms with Gasteiger partial charge in [0.15, 0.2) is 0 Å². The molecule has 0 radical (unpaired) electrons. The van der Waals surface area contributed by atoms with Gasteiger partial charge in [-0.15, -0.1) is 0 Å². The molecule has 0 amide bonds. The Balaban J connectivity index is 2.15. The molecule has 0 bridgehead atoms. The fourth-order valence-corrected chi connectivity index (χ4v) is 3.70. The van der Waals surface area contributed by atoms with Crippen molar-refractivity contribution in [3.05, 3.63) is 28.8 Å². The summed E-state index contributed by atoms with van der Waals surface area (Å²) in [4.78, 5) is 2.01. The van der Waals surface area contributed by atoms with Crippen molar-refractivity contribution in [2.45, 2.75) is 46.3 Å². The highest BCUT2D eigenvalue weighted by atomic mass is 35.5. The summed E-state index contributed by atoms with van der Waals surface area (Å²) < 4.78 is 15.0. The smallest absolute Gasteiger partial charge is 0.120 e. The Hall–Kier alpha value is -1.31. The van der Waals surface area contributed by atoms with Crippen LogP contribution < -0.4 is 0 Å². The van der Waals surface area contributed by atoms with Crippen molar-refractivity contribution in [2.24, 2.45) is 10.8 Å². The number of aromatic hydroxyl groups is 1. The van der Waals surface area contributed by atoms with Crippen LogP contribution in [0.1, 0.15) is 39.2 Å². The Kier molecular flexibility index (Phi) is 5.23. The molecule has 0 spiro atoms. The number of halogens is 2. The predicted molar refractivity (Wildman–Crippen MR) is 90.0 cm³/mol. The zero-order chi connectivity index (χ0) is 17.3. The molecular weight excluding hydrogens is 315 g/mol. The van der Waals surface area contributed by atoms with Gasteiger partial charge in [0.25, 0.3) is 0 Å². The van der Waals surface area contributed by atoms with E-state index in [0.717, 1.165) is 5.56 Å². The first kappa shape index (κ1) is 18.0. The molecule has 126 valence electrons. The average molecular weight is 339 g/mol. The molecule has 1 aliphatic rings. The van der Waals surface area contributed by atoms with Gasteiger partial charge in [0.05, 0.1) is 6.07 Å². The molecule has 1 aliphatic heterocycles. The van der Waals surface area contributed by atoms with Crippen molar-refractivity contribution in [1.82, 2.24) is 4.90 Å². The zero-order valence-corrected chi connectivity index (χ0v) is 14.7. The van der Waals surface area contributed by atoms with E-state index in [-0.39, 0.29) is 24.1 Å². The summed E-state index contributed by atoms with van der Waals surface area (Å²) in [6, 6.07) is 7.00. The number of phenols is 1. The number of nitrogens with zero attached hydrogens (tertiary/aromatic N) is 2. The van der Waals surface area contributed by atoms with E-state index in [1.807, 2.05) is 25.7 Å². The molecule has 1 fully saturated rings. The Bertz CT molecular complexity index is 608. The summed E-state index contributed by atoms with van der Waals surface area (Å²) in [5.41, 5.74) is -0.0833. The van der Waals surface area contributed by atoms with Crippen LogP contribution in [0, 0.1) is 22.2 Å². The van der Waals surface area contributed by atoms with Crippen LogP contribution >= 0.6 is 11.6 Å². The van der Waals surface area contributed by atoms with E-state index < -0.39 is 11.6 Å². The normalized spacial score (nSPS) is 26.0. The van der Waals surface area contributed by atoms with Crippen molar-refractivity contribution in [3.8, 4) is 11.8 Å². The van der Waals surface area contributed by atoms with Crippen LogP contribution in [-0.2, 0) is 6.54 Å². The fraction of sp³-hybridized carbons (Fsp3) is 0.611. The van der Waals surface area contributed by atoms with Gasteiger partial charge in [-0.2, -0.15) is 5.26 Å². The molecule has 1 aromatic carbocycles. The molecule has 1 aromatic rings. The van der Waals surface area contributed by atoms with Gasteiger partial charge >= 0.3 is 0 Å². The van der Waals surface area contributed by atoms with Crippen LogP contribution in [0.3, 0.4) is 0 Å². The first-order valence-corrected chi connectivity index (χ1v) is 8.28. The second-order valence-electron chi connectivity index (χ2n) is 7.47. The van der Waals surface area contributed by atoms with Crippen LogP contribution in [0.25, 0.3) is 0 Å². The Morgan fingerprint density at radius 2 is 2.17 bits per heavy atom. The van der Waals surface area contributed by atoms with Crippen molar-refractivity contribution in [1.29, 1.82) is 5.26 Å². The molecule has 1 N–H and O–H groups in total. The number of hydrogen-bond donors (Lipinski definition) is 1. The molecule has 23 heavy (non-hydrogen) atoms. The SMILES string of the molecule is CC(C)(C)C1(CC#N)CCN(Cc2cc(O)ccc2Cl)CC1F. The van der Waals surface area contributed by atoms with Crippen LogP contribution in [0.4, 0.5) is 4.39 Å². The summed E-state index contributed by atoms with van der Waals surface area (Å²) in [5, 5.41) is 19.3. The second-order valence-corrected chi connectivity index (χ2v) is 7.88. The van der Waals surface area contributed by atoms with Gasteiger partial charge in [-0.25, -0.2) is 4.39 Å². The maximum Gasteiger partial charge on any atom is 0.120 e. The largest absolute Gasteiger partial charge is 0.508 e. The lowest BCUT2D eigenvalue weighted by molar-refractivity contribution is -0.0660. The first-order valence-electron chi connectivity index (χ1n) is 7.90. The molecular formula is C18H24ClFN2O. The minimum absolute atomic E-state index is 0.159. The van der Waals surface area contributed by atoms with Crippen LogP contribution in [0.2, 0.25) is 5.02 Å². The number of likely N-dealkylation sites (tertiary alicyclic amines) is 1. The van der Waals surface area contributed by atoms with Gasteiger partial charge in [0, 0.05) is 29.9 Å². The Morgan fingerprint density at radius 3 is 2.74 bits per heavy atom. The molecule has 0 aliphatic carbocycles. The third-order valence-electron chi connectivity index (χ3n) is 5.20. The van der Waals surface area contributed by atoms with E-state index in [4.69, 9.17) is 16.9 Å². The van der Waals surface area contributed by atoms with Gasteiger partial charge in [-0.3, -0.25) is 4.90 Å². The number of alkyl halides is 1. The monoisotopic (exact) mass is 338 g/mol. The van der Waals surface area contributed by atoms with E-state index in [2.05, 4.69) is 6.07 Å². The van der Waals surface area contributed by atoms with E-state index in [1.54, 1.807) is 12.1 Å². The van der Waals surface area contributed by atoms with E-state index in [0.29, 0.717) is 24.5 Å². The Morgan fingerprint density at radius 1 is 1.48 bits per heavy atom. The molecule has 2 rings (SSSR count). The lowest BCUT2D eigenvalue weighted by atomic mass is 9.59. The third kappa shape index (κ3) is 3.62. The molecule has 0 saturated carbocycles. The summed E-state index contributed by atoms with van der Waals surface area (Å²) in [6.07, 6.45) is -0.188. The zero-order valence-electron chi connectivity index (χ0n) is 13.9. The number of nitriles is 1. The van der Waals surface area contributed by atoms with Gasteiger partial charge in [-0.05, 0) is 42.1 Å². The number of phenolic OH excluding ortho intramolecular Hbond substituents is 1. The van der Waals surface area contributed by atoms with Crippen molar-refractivity contribution in [3.63, 3.8) is 0 Å². The topological polar surface area (TPSA) is 47.3 Å². The van der Waals surface area contributed by atoms with Crippen molar-refractivity contribution >= 4 is 11.6 Å². The summed E-state index contributed by atoms with van der Waals surface area (Å²) >= 11 is 6.16. The third-order valence-corrected chi connectivity index (χ3v) is 5.57. The molecule has 2 unspecified atom stereocenters. The lowest BCUT2D eigenvalue weighted by Gasteiger charge is -2.51. The van der Waals surface area contributed by atoms with Gasteiger partial charge < -0.3 is 5.11 Å². The first-order chi connectivity index (χ1) is 10.7. The summed E-state index contributed by atoms with van der Waals surface area (Å²) in [6.45, 7) is 7.53. The van der Waals surface area contributed by atoms with E-state index >= 15 is 4.39 Å². The van der Waals surface area contributed by atoms with Crippen LogP contribution in [-0.4, -0.2) is 29.3 Å². The summed E-state index contributed by atoms with van der Waals surface area (Å²) in [7, 11) is 0. The number of benzene rings is 1. The fourth-order valence-electron chi connectivity index (χ4n) is 3.52. The average Bonchev–Trinajstić information content (AvgIpc) is 2.45. The highest BCUT2D eigenvalue weighted by Gasteiger charge is 2.51. The number of piperidine rings is 1. The highest BCUT2D eigenvalue weighted by Crippen LogP contribution is 2.50. The molecule has 0 aromatic heterocycles. The van der Waals surface area contributed by atoms with Crippen molar-refractivity contribution < 1.29 is 9.50 Å². The maximum atomic E-state index is 15.0. The van der Waals surface area contributed by atoms with Gasteiger partial charge in [0.2, 0.25) is 0 Å². The maximum absolute atomic E-state index is 15.0. The molecule has 5 heteroatoms.